The maximum absolute atomic E-state index is 13.1. The number of fused-ring (bicyclic) bond motifs is 1. The van der Waals surface area contributed by atoms with Gasteiger partial charge in [-0.15, -0.1) is 0 Å². The summed E-state index contributed by atoms with van der Waals surface area (Å²) in [5.74, 6) is 0.322. The number of para-hydroxylation sites is 1. The molecule has 3 rings (SSSR count). The van der Waals surface area contributed by atoms with E-state index in [1.54, 1.807) is 41.3 Å². The SMILES string of the molecule is CCC(C)N(Cc1nc2ccccc2c(=O)[nH]1)C(=O)Cc1c(Cl)cccc1Cl. The fourth-order valence-corrected chi connectivity index (χ4v) is 3.57. The van der Waals surface area contributed by atoms with E-state index in [1.807, 2.05) is 19.9 Å². The van der Waals surface area contributed by atoms with E-state index in [0.717, 1.165) is 6.42 Å². The predicted molar refractivity (Wildman–Crippen MR) is 113 cm³/mol. The van der Waals surface area contributed by atoms with E-state index in [-0.39, 0.29) is 30.5 Å². The number of hydrogen-bond acceptors (Lipinski definition) is 3. The van der Waals surface area contributed by atoms with Gasteiger partial charge in [-0.05, 0) is 43.2 Å². The summed E-state index contributed by atoms with van der Waals surface area (Å²) in [4.78, 5) is 34.4. The number of halogens is 2. The number of nitrogens with one attached hydrogen (secondary N) is 1. The topological polar surface area (TPSA) is 66.1 Å². The van der Waals surface area contributed by atoms with Crippen molar-refractivity contribution < 1.29 is 4.79 Å². The van der Waals surface area contributed by atoms with Gasteiger partial charge in [0.25, 0.3) is 5.56 Å². The Morgan fingerprint density at radius 1 is 1.14 bits per heavy atom. The molecule has 0 saturated carbocycles. The van der Waals surface area contributed by atoms with E-state index < -0.39 is 0 Å². The molecule has 5 nitrogen and oxygen atoms in total. The molecule has 0 aliphatic carbocycles. The van der Waals surface area contributed by atoms with Crippen LogP contribution in [0.15, 0.2) is 47.3 Å². The van der Waals surface area contributed by atoms with Gasteiger partial charge in [-0.2, -0.15) is 0 Å². The van der Waals surface area contributed by atoms with Crippen molar-refractivity contribution >= 4 is 40.0 Å². The number of carbonyl (C=O) groups is 1. The summed E-state index contributed by atoms with van der Waals surface area (Å²) in [7, 11) is 0. The van der Waals surface area contributed by atoms with Gasteiger partial charge in [0, 0.05) is 16.1 Å². The van der Waals surface area contributed by atoms with Crippen LogP contribution in [0.4, 0.5) is 0 Å². The number of H-pyrrole nitrogens is 1. The molecule has 28 heavy (non-hydrogen) atoms. The lowest BCUT2D eigenvalue weighted by Crippen LogP contribution is -2.39. The minimum absolute atomic E-state index is 0.0365. The number of nitrogens with zero attached hydrogens (tertiary/aromatic N) is 2. The van der Waals surface area contributed by atoms with Crippen LogP contribution < -0.4 is 5.56 Å². The molecular formula is C21H21Cl2N3O2. The third kappa shape index (κ3) is 4.37. The standard InChI is InChI=1S/C21H21Cl2N3O2/c1-3-13(2)26(20(27)11-15-16(22)8-6-9-17(15)23)12-19-24-18-10-5-4-7-14(18)21(28)25-19/h4-10,13H,3,11-12H2,1-2H3,(H,24,25,28). The number of aromatic amines is 1. The number of amides is 1. The van der Waals surface area contributed by atoms with Gasteiger partial charge in [-0.25, -0.2) is 4.98 Å². The Balaban J connectivity index is 1.90. The van der Waals surface area contributed by atoms with E-state index in [9.17, 15) is 9.59 Å². The molecule has 1 aromatic heterocycles. The summed E-state index contributed by atoms with van der Waals surface area (Å²) in [5.41, 5.74) is 0.988. The van der Waals surface area contributed by atoms with Crippen molar-refractivity contribution in [2.75, 3.05) is 0 Å². The lowest BCUT2D eigenvalue weighted by atomic mass is 10.1. The Kier molecular flexibility index (Phi) is 6.37. The maximum Gasteiger partial charge on any atom is 0.258 e. The van der Waals surface area contributed by atoms with Gasteiger partial charge < -0.3 is 9.88 Å². The monoisotopic (exact) mass is 417 g/mol. The number of carbonyl (C=O) groups excluding carboxylic acids is 1. The molecule has 3 aromatic rings. The minimum Gasteiger partial charge on any atom is -0.332 e. The summed E-state index contributed by atoms with van der Waals surface area (Å²) in [6, 6.07) is 12.3. The molecule has 0 fully saturated rings. The highest BCUT2D eigenvalue weighted by Crippen LogP contribution is 2.26. The van der Waals surface area contributed by atoms with E-state index >= 15 is 0 Å². The molecule has 1 heterocycles. The third-order valence-electron chi connectivity index (χ3n) is 4.81. The zero-order valence-corrected chi connectivity index (χ0v) is 17.2. The molecule has 1 unspecified atom stereocenters. The molecule has 1 amide bonds. The lowest BCUT2D eigenvalue weighted by molar-refractivity contribution is -0.133. The van der Waals surface area contributed by atoms with Crippen molar-refractivity contribution in [3.8, 4) is 0 Å². The van der Waals surface area contributed by atoms with E-state index in [4.69, 9.17) is 23.2 Å². The molecule has 0 radical (unpaired) electrons. The third-order valence-corrected chi connectivity index (χ3v) is 5.52. The fourth-order valence-electron chi connectivity index (χ4n) is 3.04. The van der Waals surface area contributed by atoms with Crippen LogP contribution in [0.1, 0.15) is 31.7 Å². The molecule has 0 bridgehead atoms. The highest BCUT2D eigenvalue weighted by atomic mass is 35.5. The average molecular weight is 418 g/mol. The van der Waals surface area contributed by atoms with E-state index in [0.29, 0.717) is 32.3 Å². The summed E-state index contributed by atoms with van der Waals surface area (Å²) in [5, 5.41) is 1.44. The molecule has 0 aliphatic heterocycles. The van der Waals surface area contributed by atoms with Crippen molar-refractivity contribution in [1.29, 1.82) is 0 Å². The zero-order valence-electron chi connectivity index (χ0n) is 15.7. The summed E-state index contributed by atoms with van der Waals surface area (Å²) in [6.45, 7) is 4.17. The molecular weight excluding hydrogens is 397 g/mol. The van der Waals surface area contributed by atoms with Crippen molar-refractivity contribution in [2.45, 2.75) is 39.3 Å². The van der Waals surface area contributed by atoms with Crippen LogP contribution in [0.3, 0.4) is 0 Å². The van der Waals surface area contributed by atoms with E-state index in [1.165, 1.54) is 0 Å². The summed E-state index contributed by atoms with van der Waals surface area (Å²) in [6.07, 6.45) is 0.848. The Morgan fingerprint density at radius 2 is 1.82 bits per heavy atom. The first kappa shape index (κ1) is 20.4. The number of benzene rings is 2. The molecule has 146 valence electrons. The number of hydrogen-bond donors (Lipinski definition) is 1. The number of rotatable bonds is 6. The van der Waals surface area contributed by atoms with Crippen LogP contribution in [0.25, 0.3) is 10.9 Å². The highest BCUT2D eigenvalue weighted by molar-refractivity contribution is 6.36. The normalized spacial score (nSPS) is 12.1. The molecule has 2 aromatic carbocycles. The van der Waals surface area contributed by atoms with Crippen LogP contribution >= 0.6 is 23.2 Å². The van der Waals surface area contributed by atoms with Gasteiger partial charge in [0.1, 0.15) is 5.82 Å². The van der Waals surface area contributed by atoms with Crippen LogP contribution in [-0.2, 0) is 17.8 Å². The molecule has 7 heteroatoms. The minimum atomic E-state index is -0.216. The molecule has 0 aliphatic rings. The molecule has 0 saturated heterocycles. The van der Waals surface area contributed by atoms with Gasteiger partial charge in [-0.3, -0.25) is 9.59 Å². The van der Waals surface area contributed by atoms with Crippen LogP contribution in [0, 0.1) is 0 Å². The zero-order chi connectivity index (χ0) is 20.3. The smallest absolute Gasteiger partial charge is 0.258 e. The Hall–Kier alpha value is -2.37. The van der Waals surface area contributed by atoms with Crippen LogP contribution in [0.2, 0.25) is 10.0 Å². The molecule has 1 atom stereocenters. The first-order valence-corrected chi connectivity index (χ1v) is 9.86. The lowest BCUT2D eigenvalue weighted by Gasteiger charge is -2.28. The first-order chi connectivity index (χ1) is 13.4. The second kappa shape index (κ2) is 8.76. The second-order valence-corrected chi connectivity index (χ2v) is 7.50. The van der Waals surface area contributed by atoms with Crippen molar-refractivity contribution in [3.05, 3.63) is 74.3 Å². The first-order valence-electron chi connectivity index (χ1n) is 9.11. The van der Waals surface area contributed by atoms with Crippen molar-refractivity contribution in [3.63, 3.8) is 0 Å². The Labute approximate surface area is 173 Å². The predicted octanol–water partition coefficient (Wildman–Crippen LogP) is 4.60. The van der Waals surface area contributed by atoms with Crippen LogP contribution in [0.5, 0.6) is 0 Å². The number of aromatic nitrogens is 2. The van der Waals surface area contributed by atoms with Gasteiger partial charge >= 0.3 is 0 Å². The Morgan fingerprint density at radius 3 is 2.50 bits per heavy atom. The summed E-state index contributed by atoms with van der Waals surface area (Å²) >= 11 is 12.4. The van der Waals surface area contributed by atoms with Crippen LogP contribution in [-0.4, -0.2) is 26.8 Å². The van der Waals surface area contributed by atoms with Gasteiger partial charge in [0.2, 0.25) is 5.91 Å². The Bertz CT molecular complexity index is 1040. The second-order valence-electron chi connectivity index (χ2n) is 6.69. The summed E-state index contributed by atoms with van der Waals surface area (Å²) < 4.78 is 0. The van der Waals surface area contributed by atoms with Gasteiger partial charge in [0.15, 0.2) is 0 Å². The molecule has 0 spiro atoms. The fraction of sp³-hybridized carbons (Fsp3) is 0.286. The van der Waals surface area contributed by atoms with Gasteiger partial charge in [-0.1, -0.05) is 48.3 Å². The average Bonchev–Trinajstić information content (AvgIpc) is 2.68. The van der Waals surface area contributed by atoms with Crippen molar-refractivity contribution in [2.24, 2.45) is 0 Å². The van der Waals surface area contributed by atoms with Crippen molar-refractivity contribution in [1.82, 2.24) is 14.9 Å². The quantitative estimate of drug-likeness (QED) is 0.636. The highest BCUT2D eigenvalue weighted by Gasteiger charge is 2.22. The maximum atomic E-state index is 13.1. The van der Waals surface area contributed by atoms with E-state index in [2.05, 4.69) is 9.97 Å². The largest absolute Gasteiger partial charge is 0.332 e. The van der Waals surface area contributed by atoms with Gasteiger partial charge in [0.05, 0.1) is 23.9 Å². The molecule has 1 N–H and O–H groups in total.